The van der Waals surface area contributed by atoms with E-state index in [4.69, 9.17) is 14.2 Å². The lowest BCUT2D eigenvalue weighted by Crippen LogP contribution is -2.54. The molecule has 2 aliphatic rings. The molecule has 1 amide bonds. The van der Waals surface area contributed by atoms with Crippen LogP contribution in [0.5, 0.6) is 0 Å². The predicted octanol–water partition coefficient (Wildman–Crippen LogP) is 1.96. The maximum atomic E-state index is 12.7. The third-order valence-corrected chi connectivity index (χ3v) is 5.03. The molecule has 0 aliphatic carbocycles. The maximum absolute atomic E-state index is 12.7. The Hall–Kier alpha value is -1.61. The summed E-state index contributed by atoms with van der Waals surface area (Å²) < 4.78 is 42.0. The second kappa shape index (κ2) is 10.8. The summed E-state index contributed by atoms with van der Waals surface area (Å²) in [5.74, 6) is -0.288. The molecule has 1 atom stereocenters. The average molecular weight is 398 g/mol. The van der Waals surface area contributed by atoms with Crippen LogP contribution < -0.4 is 5.32 Å². The summed E-state index contributed by atoms with van der Waals surface area (Å²) in [5.41, 5.74) is 1.98. The van der Waals surface area contributed by atoms with Gasteiger partial charge in [0.2, 0.25) is 5.91 Å². The summed E-state index contributed by atoms with van der Waals surface area (Å²) in [6.07, 6.45) is -0.423. The van der Waals surface area contributed by atoms with E-state index >= 15 is 0 Å². The zero-order chi connectivity index (χ0) is 19.8. The Labute approximate surface area is 164 Å². The fourth-order valence-electron chi connectivity index (χ4n) is 3.47. The van der Waals surface area contributed by atoms with Gasteiger partial charge in [0, 0.05) is 26.3 Å². The van der Waals surface area contributed by atoms with Crippen molar-refractivity contribution in [2.45, 2.75) is 44.6 Å². The van der Waals surface area contributed by atoms with Crippen LogP contribution in [0.4, 0.5) is 8.78 Å². The summed E-state index contributed by atoms with van der Waals surface area (Å²) in [4.78, 5) is 14.0. The summed E-state index contributed by atoms with van der Waals surface area (Å²) in [6, 6.07) is 7.16. The largest absolute Gasteiger partial charge is 0.381 e. The highest BCUT2D eigenvalue weighted by Crippen LogP contribution is 2.15. The van der Waals surface area contributed by atoms with E-state index in [1.165, 1.54) is 4.90 Å². The molecule has 0 aromatic heterocycles. The fourth-order valence-corrected chi connectivity index (χ4v) is 3.47. The molecule has 1 N–H and O–H groups in total. The lowest BCUT2D eigenvalue weighted by molar-refractivity contribution is -0.134. The molecule has 2 saturated heterocycles. The van der Waals surface area contributed by atoms with E-state index < -0.39 is 19.0 Å². The van der Waals surface area contributed by atoms with Crippen LogP contribution in [0.1, 0.15) is 24.0 Å². The third kappa shape index (κ3) is 6.48. The first-order chi connectivity index (χ1) is 13.6. The molecule has 0 saturated carbocycles. The van der Waals surface area contributed by atoms with E-state index in [9.17, 15) is 13.6 Å². The molecule has 0 radical (unpaired) electrons. The highest BCUT2D eigenvalue weighted by molar-refractivity contribution is 5.82. The fraction of sp³-hybridized carbons (Fsp3) is 0.650. The number of halogens is 2. The molecule has 3 rings (SSSR count). The maximum Gasteiger partial charge on any atom is 0.251 e. The van der Waals surface area contributed by atoms with Crippen molar-refractivity contribution in [1.82, 2.24) is 10.2 Å². The van der Waals surface area contributed by atoms with Crippen molar-refractivity contribution < 1.29 is 27.8 Å². The van der Waals surface area contributed by atoms with Crippen LogP contribution in [-0.2, 0) is 32.2 Å². The standard InChI is InChI=1S/C20H28F2N2O4/c21-19(22)12-24-6-9-27-14-18(24)20(25)23-11-15-2-1-3-16(10-15)13-28-17-4-7-26-8-5-17/h1-3,10,17-19H,4-9,11-14H2,(H,23,25). The number of nitrogens with one attached hydrogen (secondary N) is 1. The minimum atomic E-state index is -2.47. The van der Waals surface area contributed by atoms with E-state index in [-0.39, 0.29) is 18.6 Å². The van der Waals surface area contributed by atoms with Gasteiger partial charge < -0.3 is 19.5 Å². The predicted molar refractivity (Wildman–Crippen MR) is 99.1 cm³/mol. The van der Waals surface area contributed by atoms with Crippen LogP contribution in [0, 0.1) is 0 Å². The molecule has 2 fully saturated rings. The van der Waals surface area contributed by atoms with E-state index in [2.05, 4.69) is 5.32 Å². The molecule has 156 valence electrons. The molecule has 1 unspecified atom stereocenters. The second-order valence-corrected chi connectivity index (χ2v) is 7.14. The number of ether oxygens (including phenoxy) is 3. The Morgan fingerprint density at radius 3 is 2.79 bits per heavy atom. The molecule has 1 aromatic rings. The molecule has 6 nitrogen and oxygen atoms in total. The monoisotopic (exact) mass is 398 g/mol. The van der Waals surface area contributed by atoms with Gasteiger partial charge in [-0.15, -0.1) is 0 Å². The van der Waals surface area contributed by atoms with Gasteiger partial charge in [-0.05, 0) is 24.0 Å². The summed E-state index contributed by atoms with van der Waals surface area (Å²) in [5, 5.41) is 2.84. The molecule has 2 heterocycles. The number of hydrogen-bond donors (Lipinski definition) is 1. The molecular formula is C20H28F2N2O4. The summed E-state index contributed by atoms with van der Waals surface area (Å²) >= 11 is 0. The van der Waals surface area contributed by atoms with Crippen molar-refractivity contribution >= 4 is 5.91 Å². The number of benzene rings is 1. The van der Waals surface area contributed by atoms with Crippen molar-refractivity contribution in [3.63, 3.8) is 0 Å². The number of alkyl halides is 2. The minimum absolute atomic E-state index is 0.136. The number of morpholine rings is 1. The van der Waals surface area contributed by atoms with Crippen LogP contribution in [0.3, 0.4) is 0 Å². The highest BCUT2D eigenvalue weighted by atomic mass is 19.3. The summed E-state index contributed by atoms with van der Waals surface area (Å²) in [7, 11) is 0. The lowest BCUT2D eigenvalue weighted by atomic mass is 10.1. The quantitative estimate of drug-likeness (QED) is 0.726. The van der Waals surface area contributed by atoms with Gasteiger partial charge in [0.25, 0.3) is 6.43 Å². The minimum Gasteiger partial charge on any atom is -0.381 e. The molecule has 28 heavy (non-hydrogen) atoms. The van der Waals surface area contributed by atoms with Crippen LogP contribution in [0.15, 0.2) is 24.3 Å². The van der Waals surface area contributed by atoms with Gasteiger partial charge in [0.1, 0.15) is 6.04 Å². The van der Waals surface area contributed by atoms with Crippen molar-refractivity contribution in [1.29, 1.82) is 0 Å². The van der Waals surface area contributed by atoms with Crippen LogP contribution in [0.25, 0.3) is 0 Å². The number of carbonyl (C=O) groups excluding carboxylic acids is 1. The van der Waals surface area contributed by atoms with Crippen molar-refractivity contribution in [3.05, 3.63) is 35.4 Å². The topological polar surface area (TPSA) is 60.0 Å². The van der Waals surface area contributed by atoms with E-state index in [1.807, 2.05) is 24.3 Å². The Morgan fingerprint density at radius 2 is 2.00 bits per heavy atom. The lowest BCUT2D eigenvalue weighted by Gasteiger charge is -2.34. The van der Waals surface area contributed by atoms with Crippen molar-refractivity contribution in [2.75, 3.05) is 39.5 Å². The number of nitrogens with zero attached hydrogens (tertiary/aromatic N) is 1. The Bertz CT molecular complexity index is 626. The molecule has 1 aromatic carbocycles. The molecule has 8 heteroatoms. The second-order valence-electron chi connectivity index (χ2n) is 7.14. The SMILES string of the molecule is O=C(NCc1cccc(COC2CCOCC2)c1)C1COCCN1CC(F)F. The van der Waals surface area contributed by atoms with E-state index in [1.54, 1.807) is 0 Å². The highest BCUT2D eigenvalue weighted by Gasteiger charge is 2.30. The zero-order valence-electron chi connectivity index (χ0n) is 15.9. The van der Waals surface area contributed by atoms with Crippen LogP contribution in [-0.4, -0.2) is 68.9 Å². The molecular weight excluding hydrogens is 370 g/mol. The van der Waals surface area contributed by atoms with Gasteiger partial charge in [-0.1, -0.05) is 24.3 Å². The van der Waals surface area contributed by atoms with Gasteiger partial charge in [-0.2, -0.15) is 0 Å². The molecule has 0 bridgehead atoms. The first kappa shape index (κ1) is 21.1. The van der Waals surface area contributed by atoms with Crippen LogP contribution in [0.2, 0.25) is 0 Å². The van der Waals surface area contributed by atoms with Gasteiger partial charge in [-0.3, -0.25) is 9.69 Å². The van der Waals surface area contributed by atoms with Gasteiger partial charge in [-0.25, -0.2) is 8.78 Å². The summed E-state index contributed by atoms with van der Waals surface area (Å²) in [6.45, 7) is 2.76. The third-order valence-electron chi connectivity index (χ3n) is 5.03. The van der Waals surface area contributed by atoms with Gasteiger partial charge >= 0.3 is 0 Å². The average Bonchev–Trinajstić information content (AvgIpc) is 2.71. The Kier molecular flexibility index (Phi) is 8.14. The first-order valence-electron chi connectivity index (χ1n) is 9.76. The number of carbonyl (C=O) groups is 1. The van der Waals surface area contributed by atoms with E-state index in [0.717, 1.165) is 37.2 Å². The van der Waals surface area contributed by atoms with Crippen molar-refractivity contribution in [2.24, 2.45) is 0 Å². The normalized spacial score (nSPS) is 21.8. The Balaban J connectivity index is 1.48. The number of hydrogen-bond acceptors (Lipinski definition) is 5. The molecule has 0 spiro atoms. The Morgan fingerprint density at radius 1 is 1.21 bits per heavy atom. The number of rotatable bonds is 8. The number of amides is 1. The van der Waals surface area contributed by atoms with E-state index in [0.29, 0.717) is 26.3 Å². The van der Waals surface area contributed by atoms with Gasteiger partial charge in [0.05, 0.1) is 32.5 Å². The zero-order valence-corrected chi connectivity index (χ0v) is 15.9. The smallest absolute Gasteiger partial charge is 0.251 e. The van der Waals surface area contributed by atoms with Crippen molar-refractivity contribution in [3.8, 4) is 0 Å². The first-order valence-corrected chi connectivity index (χ1v) is 9.76. The molecule has 2 aliphatic heterocycles. The van der Waals surface area contributed by atoms with Crippen LogP contribution >= 0.6 is 0 Å². The van der Waals surface area contributed by atoms with Gasteiger partial charge in [0.15, 0.2) is 0 Å².